The van der Waals surface area contributed by atoms with Gasteiger partial charge < -0.3 is 10.2 Å². The molecule has 2 aromatic carbocycles. The summed E-state index contributed by atoms with van der Waals surface area (Å²) in [5.41, 5.74) is 1.36. The van der Waals surface area contributed by atoms with Gasteiger partial charge in [-0.25, -0.2) is 12.8 Å². The van der Waals surface area contributed by atoms with Crippen LogP contribution in [0, 0.1) is 5.82 Å². The molecule has 0 spiro atoms. The van der Waals surface area contributed by atoms with Gasteiger partial charge >= 0.3 is 0 Å². The van der Waals surface area contributed by atoms with Crippen molar-refractivity contribution in [2.75, 3.05) is 18.4 Å². The third-order valence-electron chi connectivity index (χ3n) is 4.56. The van der Waals surface area contributed by atoms with Crippen LogP contribution in [0.15, 0.2) is 58.6 Å². The number of anilines is 1. The minimum Gasteiger partial charge on any atom is -0.382 e. The molecule has 0 saturated heterocycles. The summed E-state index contributed by atoms with van der Waals surface area (Å²) in [6.07, 6.45) is -0.691. The van der Waals surface area contributed by atoms with Crippen LogP contribution in [0.1, 0.15) is 25.8 Å². The molecule has 0 saturated carbocycles. The number of benzene rings is 2. The van der Waals surface area contributed by atoms with Crippen LogP contribution in [-0.4, -0.2) is 43.5 Å². The normalized spacial score (nSPS) is 16.4. The fourth-order valence-electron chi connectivity index (χ4n) is 3.03. The predicted molar refractivity (Wildman–Crippen MR) is 108 cm³/mol. The fraction of sp³-hybridized carbons (Fsp3) is 0.300. The molecule has 9 heteroatoms. The summed E-state index contributed by atoms with van der Waals surface area (Å²) in [5, 5.41) is 6.54. The molecule has 0 aliphatic carbocycles. The van der Waals surface area contributed by atoms with Gasteiger partial charge in [-0.15, -0.1) is 0 Å². The average Bonchev–Trinajstić information content (AvgIpc) is 3.19. The van der Waals surface area contributed by atoms with E-state index >= 15 is 0 Å². The van der Waals surface area contributed by atoms with Gasteiger partial charge in [0.25, 0.3) is 5.91 Å². The van der Waals surface area contributed by atoms with Crippen LogP contribution in [0.5, 0.6) is 0 Å². The molecule has 0 radical (unpaired) electrons. The van der Waals surface area contributed by atoms with Crippen molar-refractivity contribution in [3.63, 3.8) is 0 Å². The Bertz CT molecular complexity index is 1040. The molecule has 0 aromatic heterocycles. The molecule has 3 rings (SSSR count). The number of nitrogens with zero attached hydrogens (tertiary/aromatic N) is 2. The van der Waals surface area contributed by atoms with Crippen LogP contribution in [0.2, 0.25) is 0 Å². The number of hydrogen-bond donors (Lipinski definition) is 1. The molecular weight excluding hydrogens is 397 g/mol. The molecule has 154 valence electrons. The van der Waals surface area contributed by atoms with Gasteiger partial charge in [0.15, 0.2) is 0 Å². The van der Waals surface area contributed by atoms with Gasteiger partial charge in [-0.05, 0) is 30.3 Å². The van der Waals surface area contributed by atoms with E-state index in [1.807, 2.05) is 0 Å². The maximum absolute atomic E-state index is 13.4. The van der Waals surface area contributed by atoms with Gasteiger partial charge in [0.1, 0.15) is 5.82 Å². The van der Waals surface area contributed by atoms with Gasteiger partial charge in [-0.2, -0.15) is 4.31 Å². The second kappa shape index (κ2) is 8.71. The third-order valence-corrected chi connectivity index (χ3v) is 6.61. The van der Waals surface area contributed by atoms with Crippen molar-refractivity contribution in [3.05, 3.63) is 59.9 Å². The van der Waals surface area contributed by atoms with Crippen LogP contribution >= 0.6 is 0 Å². The number of rotatable bonds is 7. The number of nitrogens with one attached hydrogen (secondary N) is 1. The number of amides is 1. The van der Waals surface area contributed by atoms with Crippen molar-refractivity contribution in [1.82, 2.24) is 4.31 Å². The minimum atomic E-state index is -3.63. The summed E-state index contributed by atoms with van der Waals surface area (Å²) in [4.78, 5) is 17.8. The zero-order chi connectivity index (χ0) is 21.0. The Morgan fingerprint density at radius 2 is 1.93 bits per heavy atom. The highest BCUT2D eigenvalue weighted by molar-refractivity contribution is 7.89. The number of halogens is 1. The SMILES string of the molecule is CCN(CC)S(=O)(=O)c1cccc(NC(=O)[C@H]2CC(c3cccc(F)c3)=NO2)c1. The predicted octanol–water partition coefficient (Wildman–Crippen LogP) is 2.99. The van der Waals surface area contributed by atoms with E-state index in [-0.39, 0.29) is 11.3 Å². The molecule has 1 N–H and O–H groups in total. The zero-order valence-electron chi connectivity index (χ0n) is 16.1. The summed E-state index contributed by atoms with van der Waals surface area (Å²) in [7, 11) is -3.63. The standard InChI is InChI=1S/C20H22FN3O4S/c1-3-24(4-2)29(26,27)17-10-6-9-16(12-17)22-20(25)19-13-18(23-28-19)14-7-5-8-15(21)11-14/h5-12,19H,3-4,13H2,1-2H3,(H,22,25)/t19-/m1/s1. The first kappa shape index (κ1) is 20.9. The van der Waals surface area contributed by atoms with E-state index < -0.39 is 27.9 Å². The number of sulfonamides is 1. The third kappa shape index (κ3) is 4.63. The van der Waals surface area contributed by atoms with Gasteiger partial charge in [0.2, 0.25) is 16.1 Å². The molecule has 2 aromatic rings. The van der Waals surface area contributed by atoms with E-state index in [1.54, 1.807) is 38.1 Å². The number of carbonyl (C=O) groups excluding carboxylic acids is 1. The van der Waals surface area contributed by atoms with Crippen LogP contribution in [0.4, 0.5) is 10.1 Å². The van der Waals surface area contributed by atoms with Crippen LogP contribution < -0.4 is 5.32 Å². The van der Waals surface area contributed by atoms with Crippen molar-refractivity contribution in [3.8, 4) is 0 Å². The van der Waals surface area contributed by atoms with E-state index in [2.05, 4.69) is 10.5 Å². The smallest absolute Gasteiger partial charge is 0.268 e. The van der Waals surface area contributed by atoms with Crippen LogP contribution in [0.25, 0.3) is 0 Å². The summed E-state index contributed by atoms with van der Waals surface area (Å²) in [5.74, 6) is -0.859. The highest BCUT2D eigenvalue weighted by atomic mass is 32.2. The lowest BCUT2D eigenvalue weighted by atomic mass is 10.0. The van der Waals surface area contributed by atoms with Crippen molar-refractivity contribution >= 4 is 27.3 Å². The van der Waals surface area contributed by atoms with E-state index in [9.17, 15) is 17.6 Å². The molecule has 0 fully saturated rings. The first-order valence-electron chi connectivity index (χ1n) is 9.24. The number of carbonyl (C=O) groups is 1. The molecule has 29 heavy (non-hydrogen) atoms. The topological polar surface area (TPSA) is 88.1 Å². The number of hydrogen-bond acceptors (Lipinski definition) is 5. The summed E-state index contributed by atoms with van der Waals surface area (Å²) < 4.78 is 40.0. The molecule has 1 atom stereocenters. The average molecular weight is 419 g/mol. The number of oxime groups is 1. The lowest BCUT2D eigenvalue weighted by Gasteiger charge is -2.19. The van der Waals surface area contributed by atoms with E-state index in [4.69, 9.17) is 4.84 Å². The molecule has 1 heterocycles. The second-order valence-corrected chi connectivity index (χ2v) is 8.39. The molecule has 7 nitrogen and oxygen atoms in total. The Labute approximate surface area is 169 Å². The maximum atomic E-state index is 13.4. The molecule has 0 unspecified atom stereocenters. The Morgan fingerprint density at radius 3 is 2.62 bits per heavy atom. The van der Waals surface area contributed by atoms with Crippen molar-refractivity contribution in [2.24, 2.45) is 5.16 Å². The van der Waals surface area contributed by atoms with Crippen molar-refractivity contribution < 1.29 is 22.4 Å². The van der Waals surface area contributed by atoms with Gasteiger partial charge in [-0.1, -0.05) is 37.2 Å². The second-order valence-electron chi connectivity index (χ2n) is 6.45. The Kier molecular flexibility index (Phi) is 6.29. The minimum absolute atomic E-state index is 0.100. The molecular formula is C20H22FN3O4S. The van der Waals surface area contributed by atoms with E-state index in [0.29, 0.717) is 30.1 Å². The van der Waals surface area contributed by atoms with Gasteiger partial charge in [0.05, 0.1) is 10.6 Å². The first-order chi connectivity index (χ1) is 13.8. The molecule has 1 aliphatic heterocycles. The lowest BCUT2D eigenvalue weighted by molar-refractivity contribution is -0.125. The van der Waals surface area contributed by atoms with Crippen LogP contribution in [0.3, 0.4) is 0 Å². The van der Waals surface area contributed by atoms with Crippen molar-refractivity contribution in [1.29, 1.82) is 0 Å². The van der Waals surface area contributed by atoms with E-state index in [1.165, 1.54) is 28.6 Å². The molecule has 1 aliphatic rings. The summed E-state index contributed by atoms with van der Waals surface area (Å²) in [6.45, 7) is 4.23. The van der Waals surface area contributed by atoms with E-state index in [0.717, 1.165) is 0 Å². The summed E-state index contributed by atoms with van der Waals surface area (Å²) >= 11 is 0. The lowest BCUT2D eigenvalue weighted by Crippen LogP contribution is -2.31. The van der Waals surface area contributed by atoms with Gasteiger partial charge in [0, 0.05) is 30.8 Å². The highest BCUT2D eigenvalue weighted by Crippen LogP contribution is 2.22. The maximum Gasteiger partial charge on any atom is 0.268 e. The van der Waals surface area contributed by atoms with Gasteiger partial charge in [-0.3, -0.25) is 4.79 Å². The molecule has 0 bridgehead atoms. The largest absolute Gasteiger partial charge is 0.382 e. The molecule has 1 amide bonds. The quantitative estimate of drug-likeness (QED) is 0.747. The monoisotopic (exact) mass is 419 g/mol. The Balaban J connectivity index is 1.69. The van der Waals surface area contributed by atoms with Crippen LogP contribution in [-0.2, 0) is 19.7 Å². The highest BCUT2D eigenvalue weighted by Gasteiger charge is 2.29. The summed E-state index contributed by atoms with van der Waals surface area (Å²) in [6, 6.07) is 12.0. The fourth-order valence-corrected chi connectivity index (χ4v) is 4.53. The zero-order valence-corrected chi connectivity index (χ0v) is 16.9. The Morgan fingerprint density at radius 1 is 1.21 bits per heavy atom. The Hall–Kier alpha value is -2.78. The van der Waals surface area contributed by atoms with Crippen molar-refractivity contribution in [2.45, 2.75) is 31.3 Å². The first-order valence-corrected chi connectivity index (χ1v) is 10.7.